The third-order valence-corrected chi connectivity index (χ3v) is 3.34. The first-order valence-corrected chi connectivity index (χ1v) is 7.87. The molecule has 0 aliphatic rings. The van der Waals surface area contributed by atoms with Crippen molar-refractivity contribution in [3.8, 4) is 5.75 Å². The van der Waals surface area contributed by atoms with Crippen molar-refractivity contribution < 1.29 is 13.9 Å². The molecule has 7 heteroatoms. The lowest BCUT2D eigenvalue weighted by Gasteiger charge is -2.11. The highest BCUT2D eigenvalue weighted by Crippen LogP contribution is 2.26. The molecule has 1 amide bonds. The third-order valence-electron chi connectivity index (χ3n) is 3.34. The molecule has 1 aromatic carbocycles. The Balaban J connectivity index is 1.63. The van der Waals surface area contributed by atoms with Gasteiger partial charge in [-0.05, 0) is 31.2 Å². The molecule has 0 fully saturated rings. The highest BCUT2D eigenvalue weighted by molar-refractivity contribution is 5.91. The second kappa shape index (κ2) is 7.96. The molecular weight excluding hydrogens is 320 g/mol. The van der Waals surface area contributed by atoms with Crippen LogP contribution in [0.25, 0.3) is 0 Å². The van der Waals surface area contributed by atoms with Gasteiger partial charge in [-0.1, -0.05) is 12.1 Å². The molecule has 0 aliphatic heterocycles. The van der Waals surface area contributed by atoms with E-state index in [1.807, 2.05) is 31.2 Å². The molecule has 7 nitrogen and oxygen atoms in total. The van der Waals surface area contributed by atoms with Gasteiger partial charge in [-0.2, -0.15) is 0 Å². The molecule has 0 unspecified atom stereocenters. The Labute approximate surface area is 145 Å². The molecule has 0 spiro atoms. The van der Waals surface area contributed by atoms with E-state index < -0.39 is 0 Å². The molecule has 0 aliphatic carbocycles. The van der Waals surface area contributed by atoms with Crippen LogP contribution >= 0.6 is 0 Å². The van der Waals surface area contributed by atoms with Gasteiger partial charge in [0.25, 0.3) is 5.91 Å². The van der Waals surface area contributed by atoms with Gasteiger partial charge < -0.3 is 19.8 Å². The van der Waals surface area contributed by atoms with E-state index in [9.17, 15) is 4.79 Å². The van der Waals surface area contributed by atoms with E-state index in [1.54, 1.807) is 18.4 Å². The maximum Gasteiger partial charge on any atom is 0.271 e. The Bertz CT molecular complexity index is 817. The molecule has 0 saturated carbocycles. The summed E-state index contributed by atoms with van der Waals surface area (Å²) in [5.41, 5.74) is 1.02. The number of carbonyl (C=O) groups excluding carboxylic acids is 1. The number of nitrogens with zero attached hydrogens (tertiary/aromatic N) is 2. The highest BCUT2D eigenvalue weighted by Gasteiger charge is 2.09. The summed E-state index contributed by atoms with van der Waals surface area (Å²) in [6.07, 6.45) is 4.48. The Kier molecular flexibility index (Phi) is 5.26. The number of benzene rings is 1. The number of ether oxygens (including phenoxy) is 1. The van der Waals surface area contributed by atoms with Crippen molar-refractivity contribution in [2.24, 2.45) is 0 Å². The molecule has 0 radical (unpaired) electrons. The summed E-state index contributed by atoms with van der Waals surface area (Å²) in [4.78, 5) is 20.4. The lowest BCUT2D eigenvalue weighted by molar-refractivity contribution is 0.0942. The maximum absolute atomic E-state index is 12.1. The minimum Gasteiger partial charge on any atom is -0.492 e. The summed E-state index contributed by atoms with van der Waals surface area (Å²) in [6.45, 7) is 2.79. The summed E-state index contributed by atoms with van der Waals surface area (Å²) in [5.74, 6) is 1.61. The van der Waals surface area contributed by atoms with Gasteiger partial charge in [-0.25, -0.2) is 9.97 Å². The number of anilines is 2. The average Bonchev–Trinajstić information content (AvgIpc) is 3.16. The highest BCUT2D eigenvalue weighted by atomic mass is 16.5. The van der Waals surface area contributed by atoms with Gasteiger partial charge in [0.05, 0.1) is 37.5 Å². The Hall–Kier alpha value is -3.35. The fraction of sp³-hybridized carbons (Fsp3) is 0.167. The normalized spacial score (nSPS) is 10.3. The number of para-hydroxylation sites is 2. The number of amides is 1. The average molecular weight is 338 g/mol. The quantitative estimate of drug-likeness (QED) is 0.688. The van der Waals surface area contributed by atoms with Crippen LogP contribution in [-0.2, 0) is 6.54 Å². The van der Waals surface area contributed by atoms with E-state index in [0.29, 0.717) is 24.7 Å². The van der Waals surface area contributed by atoms with E-state index in [1.165, 1.54) is 12.4 Å². The van der Waals surface area contributed by atoms with E-state index in [4.69, 9.17) is 9.15 Å². The summed E-state index contributed by atoms with van der Waals surface area (Å²) < 4.78 is 10.7. The van der Waals surface area contributed by atoms with Crippen molar-refractivity contribution in [2.75, 3.05) is 11.9 Å². The van der Waals surface area contributed by atoms with Gasteiger partial charge in [-0.15, -0.1) is 0 Å². The SMILES string of the molecule is CCOc1ccccc1Nc1cnc(C(=O)NCc2ccco2)cn1. The molecule has 25 heavy (non-hydrogen) atoms. The first kappa shape index (κ1) is 16.5. The lowest BCUT2D eigenvalue weighted by Crippen LogP contribution is -2.23. The van der Waals surface area contributed by atoms with Crippen LogP contribution in [0.2, 0.25) is 0 Å². The molecule has 2 heterocycles. The zero-order valence-electron chi connectivity index (χ0n) is 13.7. The third kappa shape index (κ3) is 4.35. The summed E-state index contributed by atoms with van der Waals surface area (Å²) >= 11 is 0. The van der Waals surface area contributed by atoms with Crippen LogP contribution in [0.1, 0.15) is 23.2 Å². The van der Waals surface area contributed by atoms with Crippen molar-refractivity contribution in [3.05, 3.63) is 66.5 Å². The second-order valence-corrected chi connectivity index (χ2v) is 5.10. The van der Waals surface area contributed by atoms with Crippen molar-refractivity contribution in [1.82, 2.24) is 15.3 Å². The van der Waals surface area contributed by atoms with Gasteiger partial charge in [0.2, 0.25) is 0 Å². The molecule has 0 bridgehead atoms. The van der Waals surface area contributed by atoms with Crippen molar-refractivity contribution in [3.63, 3.8) is 0 Å². The summed E-state index contributed by atoms with van der Waals surface area (Å²) in [7, 11) is 0. The van der Waals surface area contributed by atoms with Crippen LogP contribution < -0.4 is 15.4 Å². The second-order valence-electron chi connectivity index (χ2n) is 5.10. The largest absolute Gasteiger partial charge is 0.492 e. The monoisotopic (exact) mass is 338 g/mol. The molecule has 128 valence electrons. The van der Waals surface area contributed by atoms with E-state index >= 15 is 0 Å². The lowest BCUT2D eigenvalue weighted by atomic mass is 10.3. The van der Waals surface area contributed by atoms with Gasteiger partial charge in [0.1, 0.15) is 23.0 Å². The summed E-state index contributed by atoms with van der Waals surface area (Å²) in [6, 6.07) is 11.1. The van der Waals surface area contributed by atoms with Crippen LogP contribution in [0.3, 0.4) is 0 Å². The Morgan fingerprint density at radius 3 is 2.76 bits per heavy atom. The zero-order valence-corrected chi connectivity index (χ0v) is 13.7. The number of rotatable bonds is 7. The minimum absolute atomic E-state index is 0.232. The first-order valence-electron chi connectivity index (χ1n) is 7.87. The first-order chi connectivity index (χ1) is 12.3. The van der Waals surface area contributed by atoms with Crippen LogP contribution in [0.15, 0.2) is 59.5 Å². The molecular formula is C18H18N4O3. The summed E-state index contributed by atoms with van der Waals surface area (Å²) in [5, 5.41) is 5.85. The molecule has 3 aromatic rings. The number of nitrogens with one attached hydrogen (secondary N) is 2. The van der Waals surface area contributed by atoms with E-state index in [-0.39, 0.29) is 11.6 Å². The van der Waals surface area contributed by atoms with Crippen LogP contribution in [0.4, 0.5) is 11.5 Å². The Morgan fingerprint density at radius 1 is 1.16 bits per heavy atom. The molecule has 2 N–H and O–H groups in total. The number of aromatic nitrogens is 2. The number of carbonyl (C=O) groups is 1. The Morgan fingerprint density at radius 2 is 2.04 bits per heavy atom. The molecule has 3 rings (SSSR count). The fourth-order valence-corrected chi connectivity index (χ4v) is 2.17. The number of furan rings is 1. The topological polar surface area (TPSA) is 89.3 Å². The van der Waals surface area contributed by atoms with Crippen molar-refractivity contribution in [1.29, 1.82) is 0 Å². The predicted octanol–water partition coefficient (Wildman–Crippen LogP) is 3.14. The van der Waals surface area contributed by atoms with Crippen molar-refractivity contribution in [2.45, 2.75) is 13.5 Å². The van der Waals surface area contributed by atoms with Gasteiger partial charge in [-0.3, -0.25) is 4.79 Å². The van der Waals surface area contributed by atoms with E-state index in [0.717, 1.165) is 11.4 Å². The molecule has 0 saturated heterocycles. The van der Waals surface area contributed by atoms with Crippen LogP contribution in [0.5, 0.6) is 5.75 Å². The van der Waals surface area contributed by atoms with Crippen LogP contribution in [-0.4, -0.2) is 22.5 Å². The fourth-order valence-electron chi connectivity index (χ4n) is 2.17. The van der Waals surface area contributed by atoms with Gasteiger partial charge >= 0.3 is 0 Å². The predicted molar refractivity (Wildman–Crippen MR) is 92.8 cm³/mol. The minimum atomic E-state index is -0.315. The molecule has 2 aromatic heterocycles. The number of hydrogen-bond acceptors (Lipinski definition) is 6. The smallest absolute Gasteiger partial charge is 0.271 e. The van der Waals surface area contributed by atoms with E-state index in [2.05, 4.69) is 20.6 Å². The van der Waals surface area contributed by atoms with Gasteiger partial charge in [0.15, 0.2) is 0 Å². The maximum atomic E-state index is 12.1. The molecule has 0 atom stereocenters. The zero-order chi connectivity index (χ0) is 17.5. The van der Waals surface area contributed by atoms with Crippen LogP contribution in [0, 0.1) is 0 Å². The van der Waals surface area contributed by atoms with Crippen molar-refractivity contribution >= 4 is 17.4 Å². The number of hydrogen-bond donors (Lipinski definition) is 2. The van der Waals surface area contributed by atoms with Gasteiger partial charge in [0, 0.05) is 0 Å². The standard InChI is InChI=1S/C18H18N4O3/c1-2-24-16-8-4-3-7-14(16)22-17-12-19-15(11-20-17)18(23)21-10-13-6-5-9-25-13/h3-9,11-12H,2,10H2,1H3,(H,20,22)(H,21,23).